The van der Waals surface area contributed by atoms with Gasteiger partial charge in [0.15, 0.2) is 0 Å². The zero-order valence-corrected chi connectivity index (χ0v) is 14.7. The molecular weight excluding hydrogens is 284 g/mol. The van der Waals surface area contributed by atoms with Crippen LogP contribution >= 0.6 is 0 Å². The Labute approximate surface area is 141 Å². The average molecular weight is 318 g/mol. The van der Waals surface area contributed by atoms with E-state index in [2.05, 4.69) is 29.0 Å². The summed E-state index contributed by atoms with van der Waals surface area (Å²) in [5.41, 5.74) is 7.99. The van der Waals surface area contributed by atoms with Crippen LogP contribution < -0.4 is 10.6 Å². The van der Waals surface area contributed by atoms with Crippen LogP contribution in [0.3, 0.4) is 0 Å². The number of anilines is 2. The van der Waals surface area contributed by atoms with Gasteiger partial charge in [-0.05, 0) is 50.2 Å². The predicted molar refractivity (Wildman–Crippen MR) is 98.8 cm³/mol. The van der Waals surface area contributed by atoms with Crippen molar-refractivity contribution in [2.75, 3.05) is 70.0 Å². The molecule has 2 aliphatic rings. The summed E-state index contributed by atoms with van der Waals surface area (Å²) >= 11 is 0. The number of nitrogens with two attached hydrogens (primary N) is 1. The Morgan fingerprint density at radius 1 is 0.957 bits per heavy atom. The number of nitrogen functional groups attached to an aromatic ring is 1. The van der Waals surface area contributed by atoms with Crippen molar-refractivity contribution >= 4 is 11.4 Å². The summed E-state index contributed by atoms with van der Waals surface area (Å²) in [4.78, 5) is 5.17. The molecule has 128 valence electrons. The monoisotopic (exact) mass is 317 g/mol. The lowest BCUT2D eigenvalue weighted by atomic mass is 10.2. The molecule has 3 rings (SSSR count). The fourth-order valence-corrected chi connectivity index (χ4v) is 4.08. The standard InChI is InChI=1S/C19H33N4/c1-23(15-4-12-21-10-2-3-11-21)16-5-13-22(14-17-23)19-8-6-18(20)7-9-19/h6-9H,2-5,10-17,20H2,1H3/q+1. The Morgan fingerprint density at radius 3 is 2.43 bits per heavy atom. The van der Waals surface area contributed by atoms with Gasteiger partial charge >= 0.3 is 0 Å². The maximum atomic E-state index is 5.81. The Bertz CT molecular complexity index is 481. The average Bonchev–Trinajstić information content (AvgIpc) is 2.98. The molecule has 1 atom stereocenters. The van der Waals surface area contributed by atoms with Crippen LogP contribution in [-0.2, 0) is 0 Å². The van der Waals surface area contributed by atoms with Crippen LogP contribution in [0, 0.1) is 0 Å². The molecule has 23 heavy (non-hydrogen) atoms. The van der Waals surface area contributed by atoms with E-state index in [1.165, 1.54) is 81.7 Å². The van der Waals surface area contributed by atoms with Gasteiger partial charge in [0, 0.05) is 37.3 Å². The smallest absolute Gasteiger partial charge is 0.0962 e. The van der Waals surface area contributed by atoms with Gasteiger partial charge < -0.3 is 20.0 Å². The van der Waals surface area contributed by atoms with Crippen LogP contribution in [0.2, 0.25) is 0 Å². The second-order valence-electron chi connectivity index (χ2n) is 7.62. The molecule has 0 saturated carbocycles. The molecule has 0 aliphatic carbocycles. The number of hydrogen-bond donors (Lipinski definition) is 1. The molecule has 2 N–H and O–H groups in total. The van der Waals surface area contributed by atoms with E-state index in [0.29, 0.717) is 0 Å². The maximum Gasteiger partial charge on any atom is 0.0962 e. The third-order valence-corrected chi connectivity index (χ3v) is 5.66. The van der Waals surface area contributed by atoms with Crippen LogP contribution in [-0.4, -0.2) is 68.8 Å². The maximum absolute atomic E-state index is 5.81. The molecule has 0 aromatic heterocycles. The number of likely N-dealkylation sites (tertiary alicyclic amines) is 1. The minimum Gasteiger partial charge on any atom is -0.399 e. The first kappa shape index (κ1) is 16.6. The number of likely N-dealkylation sites (N-methyl/N-ethyl adjacent to an activating group) is 1. The Balaban J connectivity index is 1.49. The first-order valence-electron chi connectivity index (χ1n) is 9.31. The molecule has 2 heterocycles. The number of rotatable bonds is 5. The Morgan fingerprint density at radius 2 is 1.70 bits per heavy atom. The third-order valence-electron chi connectivity index (χ3n) is 5.66. The second kappa shape index (κ2) is 7.54. The highest BCUT2D eigenvalue weighted by Gasteiger charge is 2.26. The van der Waals surface area contributed by atoms with Gasteiger partial charge in [0.25, 0.3) is 0 Å². The third kappa shape index (κ3) is 4.61. The first-order chi connectivity index (χ1) is 11.1. The molecule has 2 aliphatic heterocycles. The molecule has 2 saturated heterocycles. The molecule has 1 aromatic carbocycles. The fourth-order valence-electron chi connectivity index (χ4n) is 4.08. The molecule has 1 aromatic rings. The van der Waals surface area contributed by atoms with Crippen molar-refractivity contribution in [1.82, 2.24) is 4.90 Å². The normalized spacial score (nSPS) is 26.4. The molecule has 0 amide bonds. The number of hydrogen-bond acceptors (Lipinski definition) is 3. The van der Waals surface area contributed by atoms with Crippen molar-refractivity contribution in [3.63, 3.8) is 0 Å². The van der Waals surface area contributed by atoms with Crippen LogP contribution in [0.4, 0.5) is 11.4 Å². The van der Waals surface area contributed by atoms with Gasteiger partial charge in [0.05, 0.1) is 33.2 Å². The van der Waals surface area contributed by atoms with Crippen LogP contribution in [0.15, 0.2) is 24.3 Å². The lowest BCUT2D eigenvalue weighted by Gasteiger charge is -2.34. The minimum absolute atomic E-state index is 0.853. The van der Waals surface area contributed by atoms with E-state index in [1.807, 2.05) is 12.1 Å². The lowest BCUT2D eigenvalue weighted by Crippen LogP contribution is -2.48. The first-order valence-corrected chi connectivity index (χ1v) is 9.31. The molecule has 1 unspecified atom stereocenters. The Hall–Kier alpha value is -1.26. The zero-order valence-electron chi connectivity index (χ0n) is 14.7. The van der Waals surface area contributed by atoms with E-state index >= 15 is 0 Å². The lowest BCUT2D eigenvalue weighted by molar-refractivity contribution is -0.907. The molecule has 4 nitrogen and oxygen atoms in total. The molecule has 0 spiro atoms. The SMILES string of the molecule is C[N+]1(CCCN2CCCC2)CCCN(c2ccc(N)cc2)CC1. The van der Waals surface area contributed by atoms with E-state index in [4.69, 9.17) is 5.73 Å². The molecule has 0 bridgehead atoms. The van der Waals surface area contributed by atoms with Crippen LogP contribution in [0.25, 0.3) is 0 Å². The molecular formula is C19H33N4+. The second-order valence-corrected chi connectivity index (χ2v) is 7.62. The fraction of sp³-hybridized carbons (Fsp3) is 0.684. The van der Waals surface area contributed by atoms with Crippen molar-refractivity contribution in [1.29, 1.82) is 0 Å². The highest BCUT2D eigenvalue weighted by atomic mass is 15.4. The molecule has 2 fully saturated rings. The van der Waals surface area contributed by atoms with Crippen molar-refractivity contribution in [2.45, 2.75) is 25.7 Å². The quantitative estimate of drug-likeness (QED) is 0.669. The van der Waals surface area contributed by atoms with Crippen molar-refractivity contribution in [2.24, 2.45) is 0 Å². The van der Waals surface area contributed by atoms with E-state index in [1.54, 1.807) is 0 Å². The van der Waals surface area contributed by atoms with Crippen molar-refractivity contribution in [3.05, 3.63) is 24.3 Å². The number of benzene rings is 1. The van der Waals surface area contributed by atoms with E-state index in [0.717, 1.165) is 12.2 Å². The topological polar surface area (TPSA) is 32.5 Å². The zero-order chi connectivity index (χ0) is 16.1. The summed E-state index contributed by atoms with van der Waals surface area (Å²) in [5, 5.41) is 0. The number of quaternary nitrogens is 1. The van der Waals surface area contributed by atoms with Crippen molar-refractivity contribution in [3.8, 4) is 0 Å². The summed E-state index contributed by atoms with van der Waals surface area (Å²) < 4.78 is 1.24. The highest BCUT2D eigenvalue weighted by Crippen LogP contribution is 2.20. The highest BCUT2D eigenvalue weighted by molar-refractivity contribution is 5.53. The van der Waals surface area contributed by atoms with E-state index in [9.17, 15) is 0 Å². The van der Waals surface area contributed by atoms with Gasteiger partial charge in [-0.25, -0.2) is 0 Å². The minimum atomic E-state index is 0.853. The summed E-state index contributed by atoms with van der Waals surface area (Å²) in [6, 6.07) is 8.37. The summed E-state index contributed by atoms with van der Waals surface area (Å²) in [6.45, 7) is 10.2. The predicted octanol–water partition coefficient (Wildman–Crippen LogP) is 2.41. The van der Waals surface area contributed by atoms with Gasteiger partial charge in [-0.3, -0.25) is 0 Å². The van der Waals surface area contributed by atoms with Crippen LogP contribution in [0.5, 0.6) is 0 Å². The van der Waals surface area contributed by atoms with E-state index in [-0.39, 0.29) is 0 Å². The summed E-state index contributed by atoms with van der Waals surface area (Å²) in [6.07, 6.45) is 5.44. The van der Waals surface area contributed by atoms with Gasteiger partial charge in [-0.2, -0.15) is 0 Å². The van der Waals surface area contributed by atoms with E-state index < -0.39 is 0 Å². The summed E-state index contributed by atoms with van der Waals surface area (Å²) in [5.74, 6) is 0. The summed E-state index contributed by atoms with van der Waals surface area (Å²) in [7, 11) is 2.45. The molecule has 0 radical (unpaired) electrons. The number of nitrogens with zero attached hydrogens (tertiary/aromatic N) is 3. The van der Waals surface area contributed by atoms with Gasteiger partial charge in [-0.1, -0.05) is 0 Å². The molecule has 4 heteroatoms. The Kier molecular flexibility index (Phi) is 5.44. The van der Waals surface area contributed by atoms with Gasteiger partial charge in [0.1, 0.15) is 0 Å². The van der Waals surface area contributed by atoms with Crippen molar-refractivity contribution < 1.29 is 4.48 Å². The largest absolute Gasteiger partial charge is 0.399 e. The van der Waals surface area contributed by atoms with Crippen LogP contribution in [0.1, 0.15) is 25.7 Å². The van der Waals surface area contributed by atoms with Gasteiger partial charge in [-0.15, -0.1) is 0 Å². The van der Waals surface area contributed by atoms with Gasteiger partial charge in [0.2, 0.25) is 0 Å².